The van der Waals surface area contributed by atoms with Crippen molar-refractivity contribution in [2.45, 2.75) is 33.5 Å². The van der Waals surface area contributed by atoms with E-state index in [0.717, 1.165) is 92.2 Å². The Bertz CT molecular complexity index is 1090. The van der Waals surface area contributed by atoms with Crippen molar-refractivity contribution in [1.82, 2.24) is 24.4 Å². The molecule has 5 rings (SSSR count). The second-order valence-electron chi connectivity index (χ2n) is 8.35. The molecule has 0 unspecified atom stereocenters. The molecule has 5 heterocycles. The molecular formula is C23H27ClN6O. The summed E-state index contributed by atoms with van der Waals surface area (Å²) in [7, 11) is 0. The number of imidazole rings is 1. The van der Waals surface area contributed by atoms with Crippen LogP contribution in [0.5, 0.6) is 0 Å². The summed E-state index contributed by atoms with van der Waals surface area (Å²) in [5, 5.41) is 0.620. The van der Waals surface area contributed by atoms with Crippen molar-refractivity contribution in [3.05, 3.63) is 58.4 Å². The van der Waals surface area contributed by atoms with Gasteiger partial charge in [-0.15, -0.1) is 0 Å². The van der Waals surface area contributed by atoms with Gasteiger partial charge in [-0.2, -0.15) is 0 Å². The number of ether oxygens (including phenoxy) is 1. The van der Waals surface area contributed by atoms with Crippen LogP contribution >= 0.6 is 11.6 Å². The quantitative estimate of drug-likeness (QED) is 0.621. The zero-order chi connectivity index (χ0) is 21.4. The number of morpholine rings is 1. The first kappa shape index (κ1) is 20.4. The molecule has 1 fully saturated rings. The van der Waals surface area contributed by atoms with Gasteiger partial charge in [0.15, 0.2) is 0 Å². The minimum Gasteiger partial charge on any atom is -0.379 e. The van der Waals surface area contributed by atoms with Crippen molar-refractivity contribution in [2.75, 3.05) is 37.7 Å². The van der Waals surface area contributed by atoms with Gasteiger partial charge in [0.1, 0.15) is 11.6 Å². The van der Waals surface area contributed by atoms with E-state index in [1.165, 1.54) is 0 Å². The third-order valence-corrected chi connectivity index (χ3v) is 6.28. The molecule has 2 aliphatic heterocycles. The largest absolute Gasteiger partial charge is 0.379 e. The Morgan fingerprint density at radius 1 is 1.03 bits per heavy atom. The molecule has 162 valence electrons. The molecule has 8 heteroatoms. The van der Waals surface area contributed by atoms with Crippen LogP contribution in [-0.4, -0.2) is 57.3 Å². The fourth-order valence-corrected chi connectivity index (χ4v) is 4.54. The Labute approximate surface area is 187 Å². The molecule has 0 atom stereocenters. The molecule has 0 aromatic carbocycles. The van der Waals surface area contributed by atoms with Gasteiger partial charge in [-0.1, -0.05) is 17.7 Å². The molecule has 0 aliphatic carbocycles. The minimum absolute atomic E-state index is 0.620. The van der Waals surface area contributed by atoms with Gasteiger partial charge in [0.2, 0.25) is 0 Å². The van der Waals surface area contributed by atoms with Crippen molar-refractivity contribution >= 4 is 17.4 Å². The van der Waals surface area contributed by atoms with E-state index in [0.29, 0.717) is 5.02 Å². The number of aromatic nitrogens is 4. The molecule has 3 aromatic heterocycles. The first-order valence-electron chi connectivity index (χ1n) is 10.8. The molecule has 0 N–H and O–H groups in total. The van der Waals surface area contributed by atoms with E-state index >= 15 is 0 Å². The first-order valence-corrected chi connectivity index (χ1v) is 11.1. The number of pyridine rings is 2. The lowest BCUT2D eigenvalue weighted by molar-refractivity contribution is 0.0337. The molecule has 2 aliphatic rings. The molecule has 0 bridgehead atoms. The van der Waals surface area contributed by atoms with Gasteiger partial charge in [-0.05, 0) is 31.0 Å². The van der Waals surface area contributed by atoms with Gasteiger partial charge >= 0.3 is 0 Å². The summed E-state index contributed by atoms with van der Waals surface area (Å²) in [5.41, 5.74) is 5.21. The summed E-state index contributed by atoms with van der Waals surface area (Å²) in [6.45, 7) is 11.1. The van der Waals surface area contributed by atoms with Gasteiger partial charge < -0.3 is 14.2 Å². The standard InChI is InChI=1S/C23H27ClN6O/c1-16-9-17(2)23(26-11-16)19-10-21(25-12-20(19)24)30-4-3-29-14-18(27-22(29)15-30)13-28-5-7-31-8-6-28/h9-12,14H,3-8,13,15H2,1-2H3. The van der Waals surface area contributed by atoms with Crippen LogP contribution in [0.2, 0.25) is 5.02 Å². The Morgan fingerprint density at radius 2 is 1.87 bits per heavy atom. The number of halogens is 1. The molecule has 0 saturated carbocycles. The highest BCUT2D eigenvalue weighted by atomic mass is 35.5. The van der Waals surface area contributed by atoms with Gasteiger partial charge in [-0.25, -0.2) is 9.97 Å². The van der Waals surface area contributed by atoms with E-state index in [9.17, 15) is 0 Å². The average molecular weight is 439 g/mol. The van der Waals surface area contributed by atoms with E-state index in [-0.39, 0.29) is 0 Å². The number of hydrogen-bond donors (Lipinski definition) is 0. The Balaban J connectivity index is 1.36. The van der Waals surface area contributed by atoms with Crippen LogP contribution in [0.15, 0.2) is 30.7 Å². The zero-order valence-corrected chi connectivity index (χ0v) is 18.8. The Morgan fingerprint density at radius 3 is 2.68 bits per heavy atom. The highest BCUT2D eigenvalue weighted by Gasteiger charge is 2.22. The summed E-state index contributed by atoms with van der Waals surface area (Å²) in [6, 6.07) is 4.19. The smallest absolute Gasteiger partial charge is 0.129 e. The molecule has 31 heavy (non-hydrogen) atoms. The maximum Gasteiger partial charge on any atom is 0.129 e. The number of nitrogens with zero attached hydrogens (tertiary/aromatic N) is 6. The van der Waals surface area contributed by atoms with Crippen molar-refractivity contribution in [1.29, 1.82) is 0 Å². The van der Waals surface area contributed by atoms with Gasteiger partial charge in [0.25, 0.3) is 0 Å². The van der Waals surface area contributed by atoms with Crippen LogP contribution in [0, 0.1) is 13.8 Å². The third-order valence-electron chi connectivity index (χ3n) is 5.98. The highest BCUT2D eigenvalue weighted by Crippen LogP contribution is 2.32. The number of hydrogen-bond acceptors (Lipinski definition) is 6. The lowest BCUT2D eigenvalue weighted by Gasteiger charge is -2.29. The molecule has 0 amide bonds. The van der Waals surface area contributed by atoms with E-state index < -0.39 is 0 Å². The predicted octanol–water partition coefficient (Wildman–Crippen LogP) is 3.46. The molecule has 0 spiro atoms. The normalized spacial score (nSPS) is 17.1. The predicted molar refractivity (Wildman–Crippen MR) is 121 cm³/mol. The van der Waals surface area contributed by atoms with Crippen molar-refractivity contribution < 1.29 is 4.74 Å². The Hall–Kier alpha value is -2.48. The van der Waals surface area contributed by atoms with Crippen LogP contribution in [0.4, 0.5) is 5.82 Å². The monoisotopic (exact) mass is 438 g/mol. The van der Waals surface area contributed by atoms with Crippen LogP contribution in [0.3, 0.4) is 0 Å². The minimum atomic E-state index is 0.620. The summed E-state index contributed by atoms with van der Waals surface area (Å²) < 4.78 is 7.72. The number of rotatable bonds is 4. The fourth-order valence-electron chi connectivity index (χ4n) is 4.35. The SMILES string of the molecule is Cc1cnc(-c2cc(N3CCn4cc(CN5CCOCC5)nc4C3)ncc2Cl)c(C)c1. The van der Waals surface area contributed by atoms with Crippen molar-refractivity contribution in [3.63, 3.8) is 0 Å². The van der Waals surface area contributed by atoms with Crippen LogP contribution in [0.25, 0.3) is 11.3 Å². The lowest BCUT2D eigenvalue weighted by Crippen LogP contribution is -2.35. The van der Waals surface area contributed by atoms with E-state index in [1.807, 2.05) is 13.1 Å². The summed E-state index contributed by atoms with van der Waals surface area (Å²) in [6.07, 6.45) is 5.81. The Kier molecular flexibility index (Phi) is 5.65. The topological polar surface area (TPSA) is 59.3 Å². The van der Waals surface area contributed by atoms with E-state index in [2.05, 4.69) is 49.6 Å². The molecule has 7 nitrogen and oxygen atoms in total. The second kappa shape index (κ2) is 8.57. The van der Waals surface area contributed by atoms with E-state index in [4.69, 9.17) is 21.3 Å². The fraction of sp³-hybridized carbons (Fsp3) is 0.435. The van der Waals surface area contributed by atoms with Crippen molar-refractivity contribution in [3.8, 4) is 11.3 Å². The molecule has 1 saturated heterocycles. The van der Waals surface area contributed by atoms with Gasteiger partial charge in [-0.3, -0.25) is 9.88 Å². The average Bonchev–Trinajstić information content (AvgIpc) is 3.16. The third kappa shape index (κ3) is 4.31. The second-order valence-corrected chi connectivity index (χ2v) is 8.76. The molecule has 3 aromatic rings. The summed E-state index contributed by atoms with van der Waals surface area (Å²) in [4.78, 5) is 18.8. The zero-order valence-electron chi connectivity index (χ0n) is 18.0. The summed E-state index contributed by atoms with van der Waals surface area (Å²) >= 11 is 6.51. The van der Waals surface area contributed by atoms with E-state index in [1.54, 1.807) is 6.20 Å². The summed E-state index contributed by atoms with van der Waals surface area (Å²) in [5.74, 6) is 1.99. The number of aryl methyl sites for hydroxylation is 2. The maximum atomic E-state index is 6.51. The molecule has 0 radical (unpaired) electrons. The highest BCUT2D eigenvalue weighted by molar-refractivity contribution is 6.33. The van der Waals surface area contributed by atoms with Gasteiger partial charge in [0, 0.05) is 56.9 Å². The van der Waals surface area contributed by atoms with Crippen LogP contribution in [-0.2, 0) is 24.4 Å². The van der Waals surface area contributed by atoms with Crippen LogP contribution < -0.4 is 4.90 Å². The van der Waals surface area contributed by atoms with Crippen molar-refractivity contribution in [2.24, 2.45) is 0 Å². The maximum absolute atomic E-state index is 6.51. The number of anilines is 1. The van der Waals surface area contributed by atoms with Gasteiger partial charge in [0.05, 0.1) is 36.2 Å². The number of fused-ring (bicyclic) bond motifs is 1. The molecular weight excluding hydrogens is 412 g/mol. The van der Waals surface area contributed by atoms with Crippen LogP contribution in [0.1, 0.15) is 22.6 Å². The lowest BCUT2D eigenvalue weighted by atomic mass is 10.1. The first-order chi connectivity index (χ1) is 15.1.